The van der Waals surface area contributed by atoms with Gasteiger partial charge in [-0.2, -0.15) is 0 Å². The SMILES string of the molecule is Cc1ccc(N(C)CCC(N)C(N)=O)c(C)c1. The lowest BCUT2D eigenvalue weighted by Crippen LogP contribution is -2.39. The molecule has 4 heteroatoms. The average Bonchev–Trinajstić information content (AvgIpc) is 2.25. The first-order valence-corrected chi connectivity index (χ1v) is 5.75. The molecule has 4 N–H and O–H groups in total. The normalized spacial score (nSPS) is 12.2. The molecule has 0 aromatic heterocycles. The van der Waals surface area contributed by atoms with Crippen molar-refractivity contribution in [1.82, 2.24) is 0 Å². The van der Waals surface area contributed by atoms with E-state index in [0.29, 0.717) is 13.0 Å². The monoisotopic (exact) mass is 235 g/mol. The molecule has 94 valence electrons. The molecule has 1 unspecified atom stereocenters. The van der Waals surface area contributed by atoms with Gasteiger partial charge in [-0.05, 0) is 31.9 Å². The lowest BCUT2D eigenvalue weighted by molar-refractivity contribution is -0.119. The number of hydrogen-bond acceptors (Lipinski definition) is 3. The summed E-state index contributed by atoms with van der Waals surface area (Å²) in [4.78, 5) is 12.9. The van der Waals surface area contributed by atoms with Crippen LogP contribution in [-0.4, -0.2) is 25.5 Å². The molecule has 1 atom stereocenters. The van der Waals surface area contributed by atoms with Crippen molar-refractivity contribution < 1.29 is 4.79 Å². The Bertz CT molecular complexity index is 404. The Hall–Kier alpha value is -1.55. The number of nitrogens with two attached hydrogens (primary N) is 2. The van der Waals surface area contributed by atoms with Gasteiger partial charge in [0.05, 0.1) is 6.04 Å². The van der Waals surface area contributed by atoms with Crippen molar-refractivity contribution in [3.05, 3.63) is 29.3 Å². The second-order valence-electron chi connectivity index (χ2n) is 4.51. The van der Waals surface area contributed by atoms with Crippen LogP contribution in [0.5, 0.6) is 0 Å². The minimum absolute atomic E-state index is 0.445. The van der Waals surface area contributed by atoms with Gasteiger partial charge in [0.1, 0.15) is 0 Å². The number of primary amides is 1. The van der Waals surface area contributed by atoms with Crippen molar-refractivity contribution in [2.24, 2.45) is 11.5 Å². The minimum Gasteiger partial charge on any atom is -0.374 e. The third-order valence-electron chi connectivity index (χ3n) is 2.90. The van der Waals surface area contributed by atoms with Crippen LogP contribution in [0.2, 0.25) is 0 Å². The third-order valence-corrected chi connectivity index (χ3v) is 2.90. The molecule has 0 radical (unpaired) electrons. The van der Waals surface area contributed by atoms with E-state index in [-0.39, 0.29) is 0 Å². The van der Waals surface area contributed by atoms with Gasteiger partial charge >= 0.3 is 0 Å². The Morgan fingerprint density at radius 1 is 1.41 bits per heavy atom. The molecule has 4 nitrogen and oxygen atoms in total. The minimum atomic E-state index is -0.566. The number of amides is 1. The van der Waals surface area contributed by atoms with E-state index in [1.807, 2.05) is 7.05 Å². The molecule has 0 spiro atoms. The molecule has 17 heavy (non-hydrogen) atoms. The molecule has 0 heterocycles. The van der Waals surface area contributed by atoms with Crippen LogP contribution in [0.1, 0.15) is 17.5 Å². The average molecular weight is 235 g/mol. The van der Waals surface area contributed by atoms with Crippen molar-refractivity contribution in [1.29, 1.82) is 0 Å². The van der Waals surface area contributed by atoms with E-state index in [0.717, 1.165) is 5.69 Å². The second kappa shape index (κ2) is 5.68. The van der Waals surface area contributed by atoms with Crippen LogP contribution in [0.25, 0.3) is 0 Å². The maximum Gasteiger partial charge on any atom is 0.234 e. The fourth-order valence-corrected chi connectivity index (χ4v) is 1.83. The van der Waals surface area contributed by atoms with Gasteiger partial charge in [-0.3, -0.25) is 4.79 Å². The summed E-state index contributed by atoms with van der Waals surface area (Å²) in [6.07, 6.45) is 0.569. The zero-order chi connectivity index (χ0) is 13.0. The van der Waals surface area contributed by atoms with E-state index < -0.39 is 11.9 Å². The number of benzene rings is 1. The molecular weight excluding hydrogens is 214 g/mol. The Kier molecular flexibility index (Phi) is 4.52. The molecule has 1 rings (SSSR count). The van der Waals surface area contributed by atoms with Crippen molar-refractivity contribution in [3.63, 3.8) is 0 Å². The quantitative estimate of drug-likeness (QED) is 0.798. The van der Waals surface area contributed by atoms with Crippen LogP contribution in [0, 0.1) is 13.8 Å². The summed E-state index contributed by atoms with van der Waals surface area (Å²) < 4.78 is 0. The Morgan fingerprint density at radius 2 is 2.06 bits per heavy atom. The topological polar surface area (TPSA) is 72.3 Å². The predicted molar refractivity (Wildman–Crippen MR) is 71.0 cm³/mol. The fraction of sp³-hybridized carbons (Fsp3) is 0.462. The van der Waals surface area contributed by atoms with E-state index in [2.05, 4.69) is 36.9 Å². The van der Waals surface area contributed by atoms with Crippen LogP contribution < -0.4 is 16.4 Å². The smallest absolute Gasteiger partial charge is 0.234 e. The van der Waals surface area contributed by atoms with Crippen molar-refractivity contribution >= 4 is 11.6 Å². The number of aryl methyl sites for hydroxylation is 2. The van der Waals surface area contributed by atoms with Gasteiger partial charge < -0.3 is 16.4 Å². The molecular formula is C13H21N3O. The van der Waals surface area contributed by atoms with E-state index >= 15 is 0 Å². The molecule has 0 aliphatic heterocycles. The Morgan fingerprint density at radius 3 is 2.59 bits per heavy atom. The number of rotatable bonds is 5. The molecule has 0 saturated heterocycles. The molecule has 0 fully saturated rings. The van der Waals surface area contributed by atoms with E-state index in [1.165, 1.54) is 11.1 Å². The van der Waals surface area contributed by atoms with Gasteiger partial charge in [0.15, 0.2) is 0 Å². The van der Waals surface area contributed by atoms with E-state index in [4.69, 9.17) is 11.5 Å². The Labute approximate surface area is 103 Å². The summed E-state index contributed by atoms with van der Waals surface area (Å²) in [6.45, 7) is 4.86. The van der Waals surface area contributed by atoms with Crippen LogP contribution in [0.15, 0.2) is 18.2 Å². The molecule has 0 bridgehead atoms. The molecule has 0 aliphatic rings. The summed E-state index contributed by atoms with van der Waals surface area (Å²) in [5, 5.41) is 0. The van der Waals surface area contributed by atoms with E-state index in [9.17, 15) is 4.79 Å². The predicted octanol–water partition coefficient (Wildman–Crippen LogP) is 0.942. The van der Waals surface area contributed by atoms with Crippen molar-refractivity contribution in [3.8, 4) is 0 Å². The maximum atomic E-state index is 10.8. The summed E-state index contributed by atoms with van der Waals surface area (Å²) in [5.41, 5.74) is 14.4. The molecule has 0 aliphatic carbocycles. The maximum absolute atomic E-state index is 10.8. The second-order valence-corrected chi connectivity index (χ2v) is 4.51. The first-order valence-electron chi connectivity index (χ1n) is 5.75. The number of anilines is 1. The van der Waals surface area contributed by atoms with Crippen LogP contribution in [-0.2, 0) is 4.79 Å². The van der Waals surface area contributed by atoms with Gasteiger partial charge in [-0.25, -0.2) is 0 Å². The highest BCUT2D eigenvalue weighted by Gasteiger charge is 2.11. The van der Waals surface area contributed by atoms with Crippen LogP contribution in [0.4, 0.5) is 5.69 Å². The largest absolute Gasteiger partial charge is 0.374 e. The summed E-state index contributed by atoms with van der Waals surface area (Å²) in [7, 11) is 1.99. The zero-order valence-electron chi connectivity index (χ0n) is 10.7. The van der Waals surface area contributed by atoms with E-state index in [1.54, 1.807) is 0 Å². The number of carbonyl (C=O) groups excluding carboxylic acids is 1. The van der Waals surface area contributed by atoms with Gasteiger partial charge in [0.2, 0.25) is 5.91 Å². The lowest BCUT2D eigenvalue weighted by atomic mass is 10.1. The highest BCUT2D eigenvalue weighted by Crippen LogP contribution is 2.20. The highest BCUT2D eigenvalue weighted by atomic mass is 16.1. The first-order chi connectivity index (χ1) is 7.91. The summed E-state index contributed by atoms with van der Waals surface area (Å²) in [6, 6.07) is 5.73. The highest BCUT2D eigenvalue weighted by molar-refractivity contribution is 5.79. The lowest BCUT2D eigenvalue weighted by Gasteiger charge is -2.22. The fourth-order valence-electron chi connectivity index (χ4n) is 1.83. The van der Waals surface area contributed by atoms with Gasteiger partial charge in [0.25, 0.3) is 0 Å². The van der Waals surface area contributed by atoms with Gasteiger partial charge in [-0.15, -0.1) is 0 Å². The molecule has 1 amide bonds. The number of carbonyl (C=O) groups is 1. The molecule has 0 saturated carbocycles. The summed E-state index contributed by atoms with van der Waals surface area (Å²) in [5.74, 6) is -0.445. The number of nitrogens with zero attached hydrogens (tertiary/aromatic N) is 1. The first kappa shape index (κ1) is 13.5. The van der Waals surface area contributed by atoms with Gasteiger partial charge in [0, 0.05) is 19.3 Å². The molecule has 1 aromatic rings. The molecule has 1 aromatic carbocycles. The van der Waals surface area contributed by atoms with Crippen molar-refractivity contribution in [2.75, 3.05) is 18.5 Å². The number of hydrogen-bond donors (Lipinski definition) is 2. The summed E-state index contributed by atoms with van der Waals surface area (Å²) >= 11 is 0. The van der Waals surface area contributed by atoms with Crippen molar-refractivity contribution in [2.45, 2.75) is 26.3 Å². The third kappa shape index (κ3) is 3.75. The Balaban J connectivity index is 2.64. The van der Waals surface area contributed by atoms with Crippen LogP contribution >= 0.6 is 0 Å². The zero-order valence-corrected chi connectivity index (χ0v) is 10.7. The van der Waals surface area contributed by atoms with Gasteiger partial charge in [-0.1, -0.05) is 17.7 Å². The standard InChI is InChI=1S/C13H21N3O/c1-9-4-5-12(10(2)8-9)16(3)7-6-11(14)13(15)17/h4-5,8,11H,6-7,14H2,1-3H3,(H2,15,17). The van der Waals surface area contributed by atoms with Crippen LogP contribution in [0.3, 0.4) is 0 Å².